The Labute approximate surface area is 222 Å². The van der Waals surface area contributed by atoms with Crippen molar-refractivity contribution in [1.29, 1.82) is 0 Å². The number of carbonyl (C=O) groups is 1. The number of carbonyl (C=O) groups excluding carboxylic acids is 1. The average molecular weight is 508 g/mol. The lowest BCUT2D eigenvalue weighted by Crippen LogP contribution is -2.53. The van der Waals surface area contributed by atoms with Crippen molar-refractivity contribution in [2.75, 3.05) is 25.0 Å². The van der Waals surface area contributed by atoms with Crippen molar-refractivity contribution in [2.45, 2.75) is 39.4 Å². The largest absolute Gasteiger partial charge is 0.361 e. The molecule has 1 unspecified atom stereocenters. The van der Waals surface area contributed by atoms with Gasteiger partial charge >= 0.3 is 0 Å². The van der Waals surface area contributed by atoms with E-state index in [2.05, 4.69) is 75.3 Å². The zero-order chi connectivity index (χ0) is 26.2. The van der Waals surface area contributed by atoms with Crippen LogP contribution in [0, 0.1) is 0 Å². The lowest BCUT2D eigenvalue weighted by Gasteiger charge is -2.42. The average Bonchev–Trinajstić information content (AvgIpc) is 3.58. The molecule has 1 saturated heterocycles. The van der Waals surface area contributed by atoms with Crippen LogP contribution in [0.3, 0.4) is 0 Å². The van der Waals surface area contributed by atoms with Gasteiger partial charge in [0.05, 0.1) is 23.1 Å². The first-order valence-electron chi connectivity index (χ1n) is 13.3. The van der Waals surface area contributed by atoms with Gasteiger partial charge in [0.1, 0.15) is 5.69 Å². The summed E-state index contributed by atoms with van der Waals surface area (Å²) in [5.41, 5.74) is 6.03. The zero-order valence-corrected chi connectivity index (χ0v) is 22.0. The van der Waals surface area contributed by atoms with Gasteiger partial charge in [-0.3, -0.25) is 19.7 Å². The number of hydrogen-bond donors (Lipinski definition) is 3. The summed E-state index contributed by atoms with van der Waals surface area (Å²) in [6.07, 6.45) is 3.68. The summed E-state index contributed by atoms with van der Waals surface area (Å²) in [6, 6.07) is 19.1. The van der Waals surface area contributed by atoms with Crippen molar-refractivity contribution in [3.05, 3.63) is 78.4 Å². The van der Waals surface area contributed by atoms with Crippen LogP contribution in [0.4, 0.5) is 5.69 Å². The number of hydrogen-bond acceptors (Lipinski definition) is 5. The molecule has 3 N–H and O–H groups in total. The Hall–Kier alpha value is -4.01. The van der Waals surface area contributed by atoms with Gasteiger partial charge in [-0.25, -0.2) is 4.98 Å². The Morgan fingerprint density at radius 1 is 1.08 bits per heavy atom. The summed E-state index contributed by atoms with van der Waals surface area (Å²) in [5, 5.41) is 12.4. The van der Waals surface area contributed by atoms with Crippen LogP contribution < -0.4 is 5.32 Å². The van der Waals surface area contributed by atoms with Crippen LogP contribution in [-0.2, 0) is 6.54 Å². The number of piperazine rings is 1. The third-order valence-electron chi connectivity index (χ3n) is 7.56. The van der Waals surface area contributed by atoms with Crippen LogP contribution in [0.5, 0.6) is 0 Å². The number of rotatable bonds is 6. The highest BCUT2D eigenvalue weighted by atomic mass is 16.1. The first-order chi connectivity index (χ1) is 18.5. The highest BCUT2D eigenvalue weighted by Gasteiger charge is 2.25. The quantitative estimate of drug-likeness (QED) is 0.291. The number of H-pyrrole nitrogens is 2. The van der Waals surface area contributed by atoms with Crippen molar-refractivity contribution in [3.8, 4) is 11.1 Å². The summed E-state index contributed by atoms with van der Waals surface area (Å²) >= 11 is 0. The van der Waals surface area contributed by atoms with Gasteiger partial charge in [-0.2, -0.15) is 5.10 Å². The minimum Gasteiger partial charge on any atom is -0.361 e. The van der Waals surface area contributed by atoms with Gasteiger partial charge in [0.15, 0.2) is 0 Å². The van der Waals surface area contributed by atoms with E-state index in [0.717, 1.165) is 64.8 Å². The molecule has 5 aromatic rings. The number of nitrogens with one attached hydrogen (secondary N) is 3. The molecule has 38 heavy (non-hydrogen) atoms. The van der Waals surface area contributed by atoms with Crippen molar-refractivity contribution in [2.24, 2.45) is 0 Å². The summed E-state index contributed by atoms with van der Waals surface area (Å²) in [7, 11) is 0. The summed E-state index contributed by atoms with van der Waals surface area (Å²) in [4.78, 5) is 26.3. The van der Waals surface area contributed by atoms with Gasteiger partial charge in [0, 0.05) is 60.7 Å². The molecule has 3 aromatic heterocycles. The molecule has 8 nitrogen and oxygen atoms in total. The minimum atomic E-state index is -0.232. The molecule has 1 aliphatic rings. The summed E-state index contributed by atoms with van der Waals surface area (Å²) in [6.45, 7) is 10.6. The zero-order valence-electron chi connectivity index (χ0n) is 22.0. The Balaban J connectivity index is 1.24. The fourth-order valence-corrected chi connectivity index (χ4v) is 5.71. The molecule has 0 spiro atoms. The molecule has 0 saturated carbocycles. The molecule has 4 heterocycles. The van der Waals surface area contributed by atoms with Crippen LogP contribution >= 0.6 is 0 Å². The predicted octanol–water partition coefficient (Wildman–Crippen LogP) is 5.27. The number of aromatic nitrogens is 4. The normalized spacial score (nSPS) is 17.0. The van der Waals surface area contributed by atoms with E-state index in [0.29, 0.717) is 23.5 Å². The second kappa shape index (κ2) is 10.0. The number of amides is 1. The van der Waals surface area contributed by atoms with E-state index in [9.17, 15) is 4.79 Å². The van der Waals surface area contributed by atoms with Gasteiger partial charge in [-0.1, -0.05) is 18.2 Å². The SMILES string of the molecule is CC(C)N1CCN(Cc2cccc(C(=O)Nc3cc(-c4cccc5[nH]ccc45)cc4[nH]ncc34)n2)CC1C. The van der Waals surface area contributed by atoms with Crippen molar-refractivity contribution >= 4 is 33.4 Å². The topological polar surface area (TPSA) is 92.9 Å². The summed E-state index contributed by atoms with van der Waals surface area (Å²) in [5.74, 6) is -0.232. The standard InChI is InChI=1S/C30H33N7O/c1-19(2)37-13-12-36(17-20(37)3)18-22-6-4-9-27(33-22)30(38)34-28-14-21(15-29-25(28)16-32-35-29)23-7-5-8-26-24(23)10-11-31-26/h4-11,14-16,19-20,31H,12-13,17-18H2,1-3H3,(H,32,35)(H,34,38). The van der Waals surface area contributed by atoms with Gasteiger partial charge < -0.3 is 10.3 Å². The van der Waals surface area contributed by atoms with Gasteiger partial charge in [-0.15, -0.1) is 0 Å². The number of nitrogens with zero attached hydrogens (tertiary/aromatic N) is 4. The minimum absolute atomic E-state index is 0.232. The highest BCUT2D eigenvalue weighted by Crippen LogP contribution is 2.34. The number of benzene rings is 2. The second-order valence-electron chi connectivity index (χ2n) is 10.5. The second-order valence-corrected chi connectivity index (χ2v) is 10.5. The van der Waals surface area contributed by atoms with Gasteiger partial charge in [0.25, 0.3) is 5.91 Å². The molecule has 1 aliphatic heterocycles. The molecule has 1 atom stereocenters. The Bertz CT molecular complexity index is 1600. The predicted molar refractivity (Wildman–Crippen MR) is 152 cm³/mol. The molecular formula is C30H33N7O. The summed E-state index contributed by atoms with van der Waals surface area (Å²) < 4.78 is 0. The lowest BCUT2D eigenvalue weighted by atomic mass is 9.99. The molecule has 0 bridgehead atoms. The molecule has 0 aliphatic carbocycles. The fourth-order valence-electron chi connectivity index (χ4n) is 5.71. The van der Waals surface area contributed by atoms with Crippen molar-refractivity contribution in [1.82, 2.24) is 30.0 Å². The van der Waals surface area contributed by atoms with Crippen LogP contribution in [0.25, 0.3) is 32.9 Å². The Kier molecular flexibility index (Phi) is 6.43. The third-order valence-corrected chi connectivity index (χ3v) is 7.56. The van der Waals surface area contributed by atoms with E-state index in [1.807, 2.05) is 30.5 Å². The maximum atomic E-state index is 13.4. The number of aromatic amines is 2. The smallest absolute Gasteiger partial charge is 0.274 e. The van der Waals surface area contributed by atoms with Crippen LogP contribution in [-0.4, -0.2) is 67.6 Å². The van der Waals surface area contributed by atoms with Crippen LogP contribution in [0.1, 0.15) is 37.0 Å². The number of anilines is 1. The van der Waals surface area contributed by atoms with Gasteiger partial charge in [0.2, 0.25) is 0 Å². The van der Waals surface area contributed by atoms with E-state index in [1.165, 1.54) is 0 Å². The fraction of sp³-hybridized carbons (Fsp3) is 0.300. The molecular weight excluding hydrogens is 474 g/mol. The van der Waals surface area contributed by atoms with E-state index >= 15 is 0 Å². The maximum absolute atomic E-state index is 13.4. The maximum Gasteiger partial charge on any atom is 0.274 e. The van der Waals surface area contributed by atoms with Crippen molar-refractivity contribution < 1.29 is 4.79 Å². The Morgan fingerprint density at radius 2 is 1.95 bits per heavy atom. The lowest BCUT2D eigenvalue weighted by molar-refractivity contribution is 0.0558. The van der Waals surface area contributed by atoms with Gasteiger partial charge in [-0.05, 0) is 68.3 Å². The van der Waals surface area contributed by atoms with E-state index < -0.39 is 0 Å². The molecule has 2 aromatic carbocycles. The molecule has 1 fully saturated rings. The van der Waals surface area contributed by atoms with Crippen molar-refractivity contribution in [3.63, 3.8) is 0 Å². The highest BCUT2D eigenvalue weighted by molar-refractivity contribution is 6.09. The molecule has 194 valence electrons. The molecule has 0 radical (unpaired) electrons. The van der Waals surface area contributed by atoms with E-state index in [1.54, 1.807) is 12.3 Å². The molecule has 6 rings (SSSR count). The number of pyridine rings is 1. The monoisotopic (exact) mass is 507 g/mol. The van der Waals surface area contributed by atoms with Crippen LogP contribution in [0.2, 0.25) is 0 Å². The van der Waals surface area contributed by atoms with E-state index in [-0.39, 0.29) is 5.91 Å². The molecule has 8 heteroatoms. The number of fused-ring (bicyclic) bond motifs is 2. The van der Waals surface area contributed by atoms with E-state index in [4.69, 9.17) is 4.98 Å². The van der Waals surface area contributed by atoms with Crippen LogP contribution in [0.15, 0.2) is 67.0 Å². The first kappa shape index (κ1) is 24.3. The first-order valence-corrected chi connectivity index (χ1v) is 13.3. The molecule has 1 amide bonds. The third kappa shape index (κ3) is 4.68. The Morgan fingerprint density at radius 3 is 2.79 bits per heavy atom.